The van der Waals surface area contributed by atoms with E-state index < -0.39 is 0 Å². The second kappa shape index (κ2) is 8.87. The molecule has 0 spiro atoms. The molecule has 0 saturated carbocycles. The van der Waals surface area contributed by atoms with Gasteiger partial charge in [-0.3, -0.25) is 0 Å². The first-order chi connectivity index (χ1) is 11.7. The van der Waals surface area contributed by atoms with Crippen LogP contribution in [0.5, 0.6) is 0 Å². The summed E-state index contributed by atoms with van der Waals surface area (Å²) in [7, 11) is 1.64. The first-order valence-electron chi connectivity index (χ1n) is 7.55. The Labute approximate surface area is 139 Å². The molecule has 0 atom stereocenters. The molecular weight excluding hydrogens is 316 g/mol. The van der Waals surface area contributed by atoms with Crippen molar-refractivity contribution in [2.75, 3.05) is 30.4 Å². The Bertz CT molecular complexity index is 695. The van der Waals surface area contributed by atoms with E-state index in [1.807, 2.05) is 6.92 Å². The van der Waals surface area contributed by atoms with E-state index in [4.69, 9.17) is 9.37 Å². The highest BCUT2D eigenvalue weighted by atomic mass is 19.1. The van der Waals surface area contributed by atoms with Crippen molar-refractivity contribution in [1.29, 1.82) is 0 Å². The van der Waals surface area contributed by atoms with Gasteiger partial charge in [0.05, 0.1) is 6.61 Å². The number of amidine groups is 1. The highest BCUT2D eigenvalue weighted by molar-refractivity contribution is 6.32. The van der Waals surface area contributed by atoms with Gasteiger partial charge in [-0.15, -0.1) is 0 Å². The fourth-order valence-corrected chi connectivity index (χ4v) is 1.94. The summed E-state index contributed by atoms with van der Waals surface area (Å²) in [6.45, 7) is 3.70. The standard InChI is InChI=1S/C14H19BFN5O3/c1-2-6-23-7-5-17-13-12(20-24-21-13)14(19-22)18-9-3-4-11(16)10(15)8-9/h3-4,8,22H,2,5-7,15H2,1H3,(H,17,21)(H,18,19). The van der Waals surface area contributed by atoms with Crippen molar-refractivity contribution in [2.24, 2.45) is 5.16 Å². The van der Waals surface area contributed by atoms with Crippen molar-refractivity contribution in [3.05, 3.63) is 29.7 Å². The van der Waals surface area contributed by atoms with Gasteiger partial charge >= 0.3 is 0 Å². The van der Waals surface area contributed by atoms with Crippen LogP contribution in [-0.4, -0.2) is 49.0 Å². The van der Waals surface area contributed by atoms with Crippen molar-refractivity contribution in [3.8, 4) is 0 Å². The zero-order valence-electron chi connectivity index (χ0n) is 13.5. The molecule has 24 heavy (non-hydrogen) atoms. The monoisotopic (exact) mass is 335 g/mol. The van der Waals surface area contributed by atoms with Crippen molar-refractivity contribution >= 4 is 30.6 Å². The molecule has 0 amide bonds. The minimum atomic E-state index is -0.319. The number of oxime groups is 1. The molecule has 0 unspecified atom stereocenters. The summed E-state index contributed by atoms with van der Waals surface area (Å²) in [4.78, 5) is 0. The summed E-state index contributed by atoms with van der Waals surface area (Å²) < 4.78 is 23.4. The van der Waals surface area contributed by atoms with Crippen molar-refractivity contribution < 1.29 is 19.0 Å². The van der Waals surface area contributed by atoms with Gasteiger partial charge in [0, 0.05) is 18.8 Å². The fraction of sp³-hybridized carbons (Fsp3) is 0.357. The second-order valence-electron chi connectivity index (χ2n) is 5.04. The van der Waals surface area contributed by atoms with Crippen molar-refractivity contribution in [2.45, 2.75) is 13.3 Å². The van der Waals surface area contributed by atoms with E-state index in [-0.39, 0.29) is 17.3 Å². The topological polar surface area (TPSA) is 105 Å². The zero-order valence-corrected chi connectivity index (χ0v) is 13.5. The Balaban J connectivity index is 2.03. The molecule has 0 aliphatic rings. The van der Waals surface area contributed by atoms with Crippen LogP contribution in [0.1, 0.15) is 19.0 Å². The molecular formula is C14H19BFN5O3. The summed E-state index contributed by atoms with van der Waals surface area (Å²) in [5.74, 6) is 0.0223. The van der Waals surface area contributed by atoms with Gasteiger partial charge in [-0.2, -0.15) is 0 Å². The van der Waals surface area contributed by atoms with Gasteiger partial charge < -0.3 is 20.6 Å². The Hall–Kier alpha value is -2.62. The summed E-state index contributed by atoms with van der Waals surface area (Å²) >= 11 is 0. The third-order valence-corrected chi connectivity index (χ3v) is 3.12. The highest BCUT2D eigenvalue weighted by Crippen LogP contribution is 2.14. The molecule has 0 bridgehead atoms. The largest absolute Gasteiger partial charge is 0.409 e. The van der Waals surface area contributed by atoms with Crippen LogP contribution >= 0.6 is 0 Å². The van der Waals surface area contributed by atoms with Crippen LogP contribution < -0.4 is 16.1 Å². The van der Waals surface area contributed by atoms with Crippen LogP contribution in [0.15, 0.2) is 28.0 Å². The summed E-state index contributed by atoms with van der Waals surface area (Å²) in [6.07, 6.45) is 0.944. The predicted molar refractivity (Wildman–Crippen MR) is 90.4 cm³/mol. The predicted octanol–water partition coefficient (Wildman–Crippen LogP) is 0.553. The van der Waals surface area contributed by atoms with E-state index in [1.165, 1.54) is 12.1 Å². The lowest BCUT2D eigenvalue weighted by molar-refractivity contribution is 0.144. The van der Waals surface area contributed by atoms with Crippen LogP contribution in [0.3, 0.4) is 0 Å². The number of hydrogen-bond acceptors (Lipinski definition) is 7. The van der Waals surface area contributed by atoms with Crippen LogP contribution in [0.25, 0.3) is 0 Å². The molecule has 0 radical (unpaired) electrons. The van der Waals surface area contributed by atoms with Gasteiger partial charge in [0.25, 0.3) is 0 Å². The van der Waals surface area contributed by atoms with Crippen LogP contribution in [0, 0.1) is 5.82 Å². The molecule has 0 aliphatic heterocycles. The Morgan fingerprint density at radius 3 is 2.96 bits per heavy atom. The highest BCUT2D eigenvalue weighted by Gasteiger charge is 2.17. The number of benzene rings is 1. The number of nitrogens with zero attached hydrogens (tertiary/aromatic N) is 3. The zero-order chi connectivity index (χ0) is 17.4. The molecule has 8 nitrogen and oxygen atoms in total. The molecule has 2 rings (SSSR count). The van der Waals surface area contributed by atoms with E-state index in [1.54, 1.807) is 13.9 Å². The Morgan fingerprint density at radius 2 is 2.25 bits per heavy atom. The summed E-state index contributed by atoms with van der Waals surface area (Å²) in [6, 6.07) is 4.42. The summed E-state index contributed by atoms with van der Waals surface area (Å²) in [5, 5.41) is 25.7. The van der Waals surface area contributed by atoms with E-state index in [0.29, 0.717) is 36.7 Å². The number of nitrogens with one attached hydrogen (secondary N) is 2. The third-order valence-electron chi connectivity index (χ3n) is 3.12. The number of ether oxygens (including phenoxy) is 1. The van der Waals surface area contributed by atoms with Gasteiger partial charge in [0.15, 0.2) is 5.69 Å². The summed E-state index contributed by atoms with van der Waals surface area (Å²) in [5.41, 5.74) is 1.21. The molecule has 0 aliphatic carbocycles. The lowest BCUT2D eigenvalue weighted by Crippen LogP contribution is -2.19. The lowest BCUT2D eigenvalue weighted by atomic mass is 9.95. The van der Waals surface area contributed by atoms with Crippen molar-refractivity contribution in [3.63, 3.8) is 0 Å². The SMILES string of the molecule is Bc1cc(N/C(=N\O)c2nonc2NCCOCCC)ccc1F. The van der Waals surface area contributed by atoms with E-state index in [9.17, 15) is 9.60 Å². The van der Waals surface area contributed by atoms with Crippen LogP contribution in [0.2, 0.25) is 0 Å². The molecule has 1 heterocycles. The Morgan fingerprint density at radius 1 is 1.42 bits per heavy atom. The number of aromatic nitrogens is 2. The minimum absolute atomic E-state index is 0.0271. The first kappa shape index (κ1) is 17.7. The average molecular weight is 335 g/mol. The minimum Gasteiger partial charge on any atom is -0.409 e. The van der Waals surface area contributed by atoms with Crippen LogP contribution in [0.4, 0.5) is 15.9 Å². The first-order valence-corrected chi connectivity index (χ1v) is 7.55. The molecule has 0 fully saturated rings. The normalized spacial score (nSPS) is 11.5. The van der Waals surface area contributed by atoms with Gasteiger partial charge in [-0.05, 0) is 34.9 Å². The number of halogens is 1. The molecule has 10 heteroatoms. The second-order valence-corrected chi connectivity index (χ2v) is 5.04. The number of rotatable bonds is 8. The number of hydrogen-bond donors (Lipinski definition) is 3. The van der Waals surface area contributed by atoms with Gasteiger partial charge in [0.1, 0.15) is 13.7 Å². The van der Waals surface area contributed by atoms with Gasteiger partial charge in [-0.25, -0.2) is 9.02 Å². The molecule has 2 aromatic rings. The van der Waals surface area contributed by atoms with E-state index >= 15 is 0 Å². The van der Waals surface area contributed by atoms with Crippen LogP contribution in [-0.2, 0) is 4.74 Å². The maximum absolute atomic E-state index is 13.3. The molecule has 1 aromatic carbocycles. The van der Waals surface area contributed by atoms with Gasteiger partial charge in [0.2, 0.25) is 11.7 Å². The van der Waals surface area contributed by atoms with Gasteiger partial charge in [-0.1, -0.05) is 17.5 Å². The average Bonchev–Trinajstić information content (AvgIpc) is 3.04. The van der Waals surface area contributed by atoms with Crippen molar-refractivity contribution in [1.82, 2.24) is 10.3 Å². The maximum atomic E-state index is 13.3. The quantitative estimate of drug-likeness (QED) is 0.162. The maximum Gasteiger partial charge on any atom is 0.203 e. The smallest absolute Gasteiger partial charge is 0.203 e. The number of anilines is 2. The lowest BCUT2D eigenvalue weighted by Gasteiger charge is -2.09. The van der Waals surface area contributed by atoms with E-state index in [2.05, 4.69) is 26.1 Å². The molecule has 0 saturated heterocycles. The fourth-order valence-electron chi connectivity index (χ4n) is 1.94. The molecule has 128 valence electrons. The Kier molecular flexibility index (Phi) is 6.56. The molecule has 3 N–H and O–H groups in total. The third kappa shape index (κ3) is 4.69. The van der Waals surface area contributed by atoms with E-state index in [0.717, 1.165) is 6.42 Å². The molecule has 1 aromatic heterocycles.